The van der Waals surface area contributed by atoms with E-state index in [0.717, 1.165) is 5.01 Å². The second-order valence-corrected chi connectivity index (χ2v) is 5.35. The maximum absolute atomic E-state index is 12.4. The van der Waals surface area contributed by atoms with Crippen molar-refractivity contribution in [2.75, 3.05) is 5.01 Å². The van der Waals surface area contributed by atoms with Gasteiger partial charge in [0.2, 0.25) is 5.78 Å². The van der Waals surface area contributed by atoms with Gasteiger partial charge in [-0.25, -0.2) is 0 Å². The van der Waals surface area contributed by atoms with Gasteiger partial charge in [0.05, 0.1) is 5.69 Å². The van der Waals surface area contributed by atoms with E-state index in [1.165, 1.54) is 24.3 Å². The Bertz CT molecular complexity index is 801. The highest BCUT2D eigenvalue weighted by atomic mass is 35.5. The summed E-state index contributed by atoms with van der Waals surface area (Å²) in [6.07, 6.45) is 0. The number of nitrogens with zero attached hydrogens (tertiary/aromatic N) is 2. The Morgan fingerprint density at radius 2 is 1.65 bits per heavy atom. The van der Waals surface area contributed by atoms with Crippen molar-refractivity contribution < 1.29 is 19.8 Å². The molecule has 116 valence electrons. The van der Waals surface area contributed by atoms with Crippen molar-refractivity contribution in [3.63, 3.8) is 0 Å². The molecule has 0 saturated heterocycles. The number of rotatable bonds is 3. The van der Waals surface area contributed by atoms with E-state index in [-0.39, 0.29) is 5.56 Å². The van der Waals surface area contributed by atoms with Gasteiger partial charge in [-0.1, -0.05) is 29.8 Å². The Balaban J connectivity index is 2.01. The molecule has 0 fully saturated rings. The number of hydrogen-bond donors (Lipinski definition) is 2. The first kappa shape index (κ1) is 15.4. The Kier molecular flexibility index (Phi) is 3.73. The molecule has 0 saturated carbocycles. The van der Waals surface area contributed by atoms with Gasteiger partial charge in [0.15, 0.2) is 5.71 Å². The number of anilines is 1. The van der Waals surface area contributed by atoms with E-state index in [9.17, 15) is 19.8 Å². The van der Waals surface area contributed by atoms with Gasteiger partial charge in [-0.2, -0.15) is 10.1 Å². The van der Waals surface area contributed by atoms with Crippen LogP contribution in [0.25, 0.3) is 0 Å². The minimum Gasteiger partial charge on any atom is -0.353 e. The van der Waals surface area contributed by atoms with Crippen molar-refractivity contribution in [3.8, 4) is 0 Å². The third-order valence-electron chi connectivity index (χ3n) is 3.34. The van der Waals surface area contributed by atoms with Crippen molar-refractivity contribution in [3.05, 3.63) is 65.2 Å². The van der Waals surface area contributed by atoms with Gasteiger partial charge in [-0.05, 0) is 36.4 Å². The van der Waals surface area contributed by atoms with Crippen LogP contribution in [0.3, 0.4) is 0 Å². The summed E-state index contributed by atoms with van der Waals surface area (Å²) in [5.41, 5.74) is -0.194. The molecule has 0 radical (unpaired) electrons. The summed E-state index contributed by atoms with van der Waals surface area (Å²) >= 11 is 5.76. The van der Waals surface area contributed by atoms with Crippen LogP contribution in [0.4, 0.5) is 5.69 Å². The maximum atomic E-state index is 12.4. The zero-order chi connectivity index (χ0) is 16.6. The van der Waals surface area contributed by atoms with Gasteiger partial charge in [-0.3, -0.25) is 9.59 Å². The summed E-state index contributed by atoms with van der Waals surface area (Å²) in [6, 6.07) is 14.0. The van der Waals surface area contributed by atoms with E-state index in [2.05, 4.69) is 5.10 Å². The smallest absolute Gasteiger partial charge is 0.314 e. The number of para-hydroxylation sites is 1. The number of aliphatic hydroxyl groups is 2. The standard InChI is InChI=1S/C16H11ClN2O4/c17-11-8-6-10(7-9-11)13(20)14-16(22,23)15(21)19(18-14)12-4-2-1-3-5-12/h1-9,22-23H. The van der Waals surface area contributed by atoms with Crippen LogP contribution in [0, 0.1) is 0 Å². The molecule has 0 aliphatic carbocycles. The summed E-state index contributed by atoms with van der Waals surface area (Å²) in [4.78, 5) is 24.6. The van der Waals surface area contributed by atoms with Crippen LogP contribution in [-0.4, -0.2) is 33.4 Å². The molecule has 3 rings (SSSR count). The Morgan fingerprint density at radius 1 is 1.04 bits per heavy atom. The number of hydrogen-bond acceptors (Lipinski definition) is 5. The maximum Gasteiger partial charge on any atom is 0.314 e. The lowest BCUT2D eigenvalue weighted by atomic mass is 10.0. The molecule has 2 aromatic carbocycles. The minimum atomic E-state index is -2.98. The van der Waals surface area contributed by atoms with Crippen molar-refractivity contribution in [2.45, 2.75) is 5.79 Å². The van der Waals surface area contributed by atoms with Gasteiger partial charge in [0.25, 0.3) is 5.79 Å². The number of carbonyl (C=O) groups is 2. The SMILES string of the molecule is O=C(C1=NN(c2ccccc2)C(=O)C1(O)O)c1ccc(Cl)cc1. The summed E-state index contributed by atoms with van der Waals surface area (Å²) in [7, 11) is 0. The van der Waals surface area contributed by atoms with Gasteiger partial charge in [-0.15, -0.1) is 0 Å². The Morgan fingerprint density at radius 3 is 2.26 bits per heavy atom. The fraction of sp³-hybridized carbons (Fsp3) is 0.0625. The fourth-order valence-corrected chi connectivity index (χ4v) is 2.28. The van der Waals surface area contributed by atoms with Gasteiger partial charge in [0.1, 0.15) is 0 Å². The Labute approximate surface area is 136 Å². The molecular weight excluding hydrogens is 320 g/mol. The average molecular weight is 331 g/mol. The monoisotopic (exact) mass is 330 g/mol. The second kappa shape index (κ2) is 5.58. The quantitative estimate of drug-likeness (QED) is 0.661. The average Bonchev–Trinajstić information content (AvgIpc) is 2.79. The summed E-state index contributed by atoms with van der Waals surface area (Å²) < 4.78 is 0. The van der Waals surface area contributed by atoms with Gasteiger partial charge >= 0.3 is 5.91 Å². The van der Waals surface area contributed by atoms with E-state index in [0.29, 0.717) is 10.7 Å². The number of carbonyl (C=O) groups excluding carboxylic acids is 2. The molecule has 6 nitrogen and oxygen atoms in total. The number of Topliss-reactive ketones (excluding diaryl/α,β-unsaturated/α-hetero) is 1. The van der Waals surface area contributed by atoms with Crippen molar-refractivity contribution >= 4 is 34.7 Å². The summed E-state index contributed by atoms with van der Waals surface area (Å²) in [5, 5.41) is 25.1. The molecule has 7 heteroatoms. The predicted octanol–water partition coefficient (Wildman–Crippen LogP) is 1.61. The van der Waals surface area contributed by atoms with Crippen LogP contribution in [0.1, 0.15) is 10.4 Å². The third kappa shape index (κ3) is 2.63. The molecule has 0 aromatic heterocycles. The molecule has 1 amide bonds. The molecule has 0 spiro atoms. The van der Waals surface area contributed by atoms with Crippen LogP contribution >= 0.6 is 11.6 Å². The lowest BCUT2D eigenvalue weighted by molar-refractivity contribution is -0.155. The number of amides is 1. The molecule has 0 unspecified atom stereocenters. The highest BCUT2D eigenvalue weighted by molar-refractivity contribution is 6.53. The van der Waals surface area contributed by atoms with Gasteiger partial charge < -0.3 is 10.2 Å². The van der Waals surface area contributed by atoms with Crippen molar-refractivity contribution in [1.82, 2.24) is 0 Å². The lowest BCUT2D eigenvalue weighted by Gasteiger charge is -2.16. The predicted molar refractivity (Wildman–Crippen MR) is 84.3 cm³/mol. The minimum absolute atomic E-state index is 0.142. The Hall–Kier alpha value is -2.54. The first-order valence-corrected chi connectivity index (χ1v) is 7.03. The molecule has 0 bridgehead atoms. The van der Waals surface area contributed by atoms with E-state index in [1.807, 2.05) is 0 Å². The molecule has 1 aliphatic rings. The molecule has 1 heterocycles. The van der Waals surface area contributed by atoms with Crippen LogP contribution < -0.4 is 5.01 Å². The molecule has 2 N–H and O–H groups in total. The molecule has 1 aliphatic heterocycles. The number of benzene rings is 2. The fourth-order valence-electron chi connectivity index (χ4n) is 2.15. The number of halogens is 1. The molecule has 2 aromatic rings. The van der Waals surface area contributed by atoms with E-state index in [1.54, 1.807) is 30.3 Å². The molecule has 23 heavy (non-hydrogen) atoms. The van der Waals surface area contributed by atoms with E-state index in [4.69, 9.17) is 11.6 Å². The number of ketones is 1. The van der Waals surface area contributed by atoms with E-state index >= 15 is 0 Å². The second-order valence-electron chi connectivity index (χ2n) is 4.91. The lowest BCUT2D eigenvalue weighted by Crippen LogP contribution is -2.48. The van der Waals surface area contributed by atoms with Crippen LogP contribution in [0.2, 0.25) is 5.02 Å². The van der Waals surface area contributed by atoms with Gasteiger partial charge in [0, 0.05) is 10.6 Å². The zero-order valence-corrected chi connectivity index (χ0v) is 12.4. The first-order chi connectivity index (χ1) is 10.9. The third-order valence-corrected chi connectivity index (χ3v) is 3.60. The van der Waals surface area contributed by atoms with Crippen LogP contribution in [-0.2, 0) is 4.79 Å². The van der Waals surface area contributed by atoms with Crippen LogP contribution in [0.5, 0.6) is 0 Å². The highest BCUT2D eigenvalue weighted by Crippen LogP contribution is 2.26. The normalized spacial score (nSPS) is 16.4. The number of hydrazone groups is 1. The summed E-state index contributed by atoms with van der Waals surface area (Å²) in [5.74, 6) is -4.86. The summed E-state index contributed by atoms with van der Waals surface area (Å²) in [6.45, 7) is 0. The topological polar surface area (TPSA) is 90.2 Å². The zero-order valence-electron chi connectivity index (χ0n) is 11.7. The first-order valence-electron chi connectivity index (χ1n) is 6.65. The van der Waals surface area contributed by atoms with E-state index < -0.39 is 23.2 Å². The highest BCUT2D eigenvalue weighted by Gasteiger charge is 2.52. The van der Waals surface area contributed by atoms with Crippen molar-refractivity contribution in [1.29, 1.82) is 0 Å². The molecular formula is C16H11ClN2O4. The van der Waals surface area contributed by atoms with Crippen molar-refractivity contribution in [2.24, 2.45) is 5.10 Å². The largest absolute Gasteiger partial charge is 0.353 e. The molecule has 0 atom stereocenters. The van der Waals surface area contributed by atoms with Crippen LogP contribution in [0.15, 0.2) is 59.7 Å².